The van der Waals surface area contributed by atoms with Gasteiger partial charge in [0.05, 0.1) is 43.7 Å². The minimum Gasteiger partial charge on any atom is -0.369 e. The van der Waals surface area contributed by atoms with Crippen molar-refractivity contribution in [2.75, 3.05) is 0 Å². The number of fused-ring (bicyclic) bond motifs is 12. The number of amides is 6. The van der Waals surface area contributed by atoms with Gasteiger partial charge in [0.1, 0.15) is 0 Å². The summed E-state index contributed by atoms with van der Waals surface area (Å²) in [5.41, 5.74) is 38.8. The van der Waals surface area contributed by atoms with Crippen LogP contribution < -0.4 is 34.4 Å². The first-order valence-corrected chi connectivity index (χ1v) is 35.3. The second-order valence-electron chi connectivity index (χ2n) is 26.3. The van der Waals surface area contributed by atoms with Gasteiger partial charge in [-0.05, 0) is 398 Å². The highest BCUT2D eigenvalue weighted by molar-refractivity contribution is 6.33. The molecule has 6 aromatic rings. The van der Waals surface area contributed by atoms with E-state index in [9.17, 15) is 28.8 Å². The van der Waals surface area contributed by atoms with E-state index < -0.39 is 186 Å². The predicted molar refractivity (Wildman–Crippen MR) is 435 cm³/mol. The summed E-state index contributed by atoms with van der Waals surface area (Å²) in [4.78, 5) is 71.8. The number of carbonyl (C=O) groups is 6. The van der Waals surface area contributed by atoms with E-state index in [1.165, 1.54) is 12.1 Å². The second kappa shape index (κ2) is 32.1. The number of hydrogen-bond donors (Lipinski definition) is 6. The maximum Gasteiger partial charge on any atom is 0.224 e. The summed E-state index contributed by atoms with van der Waals surface area (Å²) in [6, 6.07) is 10.4. The van der Waals surface area contributed by atoms with Gasteiger partial charge >= 0.3 is 0 Å². The Morgan fingerprint density at radius 2 is 0.598 bits per heavy atom. The minimum absolute atomic E-state index is 0.00308. The lowest BCUT2D eigenvalue weighted by Crippen LogP contribution is -2.27. The normalized spacial score (nSPS) is 36.1. The van der Waals surface area contributed by atoms with Crippen LogP contribution in [0, 0.1) is 70.1 Å². The van der Waals surface area contributed by atoms with Crippen LogP contribution in [0.1, 0.15) is 267 Å². The Morgan fingerprint density at radius 3 is 1.02 bits per heavy atom. The van der Waals surface area contributed by atoms with Crippen molar-refractivity contribution in [3.8, 4) is 0 Å². The lowest BCUT2D eigenvalue weighted by molar-refractivity contribution is -0.121. The molecule has 0 saturated carbocycles. The summed E-state index contributed by atoms with van der Waals surface area (Å²) in [6.45, 7) is 8.39. The van der Waals surface area contributed by atoms with Crippen molar-refractivity contribution < 1.29 is 86.3 Å². The molecule has 0 bridgehead atoms. The number of halogens is 6. The molecule has 12 nitrogen and oxygen atoms in total. The van der Waals surface area contributed by atoms with E-state index >= 15 is 0 Å². The molecule has 6 amide bonds. The van der Waals surface area contributed by atoms with Crippen LogP contribution in [0.3, 0.4) is 0 Å². The Bertz CT molecular complexity index is 7180. The van der Waals surface area contributed by atoms with E-state index in [1.54, 1.807) is 65.0 Å². The number of aryl methyl sites for hydroxylation is 3. The number of benzene rings is 6. The average molecular weight is 1600 g/mol. The molecule has 0 aromatic heterocycles. The predicted octanol–water partition coefficient (Wildman–Crippen LogP) is 19.2. The number of carbonyl (C=O) groups excluding carboxylic acids is 6. The van der Waals surface area contributed by atoms with E-state index in [1.807, 2.05) is 0 Å². The monoisotopic (exact) mass is 1590 g/mol. The highest BCUT2D eigenvalue weighted by Gasteiger charge is 2.40. The van der Waals surface area contributed by atoms with Crippen molar-refractivity contribution >= 4 is 138 Å². The zero-order valence-corrected chi connectivity index (χ0v) is 62.0. The SMILES string of the molecule is [2H]C1([2H])C2=C(Cc3cc(C)c(Cl)cc32)C(C(N)=O)C([2H])([2H])C1([2H])[2H].[2H]c1c(C)c(Cl)c([2H])c2c1CC1=C2C([2H])([2H])C([2H])([2H])C([2H])([2H])C1C(N)=O.[2H]c1c(C)c(Cl)cc2c1CC1=C2C([2H])([2H])C([2H])([2H])C([2H])([2H])C1C(N)=O.[2H]c1c(Cl)c(C)cc2c1C1=C(C2)C(C(N)=O)C([2H])([2H])C([2H])([2H])C1([2H])[2H].[2H]c1c(Cl)cc(C)c2c1C1=C(C2)C(C(N)=O)C([2H])([2H])C([2H])([2H])C1([2H])[2H].[2H]c1c(Cl)ccc2c1C1=C(C2)C(C(N)=O)C([2H])([2H])C([2H])([2H])C1([2H])[2H]. The van der Waals surface area contributed by atoms with Gasteiger partial charge < -0.3 is 34.4 Å². The molecule has 0 spiro atoms. The third-order valence-electron chi connectivity index (χ3n) is 19.5. The Balaban J connectivity index is 0.000000149. The van der Waals surface area contributed by atoms with Gasteiger partial charge in [0.15, 0.2) is 0 Å². The van der Waals surface area contributed by atoms with E-state index in [2.05, 4.69) is 0 Å². The molecule has 12 aliphatic rings. The van der Waals surface area contributed by atoms with Crippen LogP contribution in [-0.4, -0.2) is 35.4 Å². The first-order valence-electron chi connectivity index (χ1n) is 54.1. The third kappa shape index (κ3) is 15.7. The molecule has 0 fully saturated rings. The quantitative estimate of drug-likeness (QED) is 0.0944. The van der Waals surface area contributed by atoms with Crippen LogP contribution in [0.2, 0.25) is 30.1 Å². The van der Waals surface area contributed by atoms with Crippen molar-refractivity contribution in [3.63, 3.8) is 0 Å². The van der Waals surface area contributed by atoms with Crippen LogP contribution in [0.5, 0.6) is 0 Å². The molecule has 107 heavy (non-hydrogen) atoms. The maximum absolute atomic E-state index is 12.0. The fraction of sp³-hybridized carbons (Fsp3) is 0.393. The number of nitrogens with two attached hydrogens (primary N) is 6. The largest absolute Gasteiger partial charge is 0.369 e. The molecule has 18 rings (SSSR count). The molecule has 18 heteroatoms. The topological polar surface area (TPSA) is 259 Å². The van der Waals surface area contributed by atoms with E-state index in [-0.39, 0.29) is 200 Å². The van der Waals surface area contributed by atoms with Crippen LogP contribution in [0.15, 0.2) is 112 Å². The van der Waals surface area contributed by atoms with Gasteiger partial charge in [-0.15, -0.1) is 0 Å². The number of allylic oxidation sites excluding steroid dienone is 6. The average Bonchev–Trinajstić information content (AvgIpc) is 1.57. The Kier molecular flexibility index (Phi) is 12.3. The Morgan fingerprint density at radius 1 is 0.308 bits per heavy atom. The van der Waals surface area contributed by atoms with Crippen molar-refractivity contribution in [2.24, 2.45) is 69.9 Å². The van der Waals surface area contributed by atoms with E-state index in [0.29, 0.717) is 60.7 Å². The van der Waals surface area contributed by atoms with Gasteiger partial charge in [-0.2, -0.15) is 0 Å². The standard InChI is InChI=1S/5C15H16ClNO.C14H14ClNO/c4*1-8-5-9-6-13-10(12(9)7-14(8)16)3-2-4-11(13)15(17)18;1-8-5-9(16)6-13-10-3-2-4-11(15(17)18)14(10)7-12(8)13;15-9-5-4-8-6-13-10(12(8)7-9)2-1-3-11(13)14(16)17/h4*5,7,11H,2-4,6H2,1H3,(H2,17,18);5-6,11H,2-4,7H2,1H3,(H2,17,18);4-5,7,11H,1-3,6H2,(H2,16,17)/i2D2,3D2,4D2,5D,7D;2D2,3D2,4D2,7D;2D2,3D2,4D2,5D;2D2,3D2,4D2;2D2,3D2,4D2,6D;1D2,2D2,3D2,7D. The van der Waals surface area contributed by atoms with Crippen LogP contribution in [0.25, 0.3) is 33.4 Å². The van der Waals surface area contributed by atoms with Crippen LogP contribution in [0.4, 0.5) is 0 Å². The molecule has 558 valence electrons. The molecule has 0 aliphatic heterocycles. The van der Waals surface area contributed by atoms with Crippen molar-refractivity contribution in [3.05, 3.63) is 237 Å². The number of rotatable bonds is 6. The molecular weight excluding hydrogens is 1460 g/mol. The van der Waals surface area contributed by atoms with Gasteiger partial charge in [-0.3, -0.25) is 28.8 Å². The molecule has 12 aliphatic carbocycles. The smallest absolute Gasteiger partial charge is 0.224 e. The van der Waals surface area contributed by atoms with E-state index in [0.717, 1.165) is 5.56 Å². The van der Waals surface area contributed by atoms with Gasteiger partial charge in [0.2, 0.25) is 35.4 Å². The minimum atomic E-state index is -3.09. The second-order valence-corrected chi connectivity index (χ2v) is 28.7. The van der Waals surface area contributed by atoms with E-state index in [4.69, 9.17) is 162 Å². The first kappa shape index (κ1) is 40.8. The van der Waals surface area contributed by atoms with Gasteiger partial charge in [0, 0.05) is 79.5 Å². The van der Waals surface area contributed by atoms with Gasteiger partial charge in [-0.1, -0.05) is 99.9 Å². The van der Waals surface area contributed by atoms with Crippen LogP contribution in [-0.2, 0) is 67.3 Å². The maximum atomic E-state index is 12.0. The summed E-state index contributed by atoms with van der Waals surface area (Å²) in [5, 5.41) is 0.867. The molecule has 0 saturated heterocycles. The lowest BCUT2D eigenvalue weighted by Gasteiger charge is -2.22. The first-order chi connectivity index (χ1) is 67.2. The fourth-order valence-electron chi connectivity index (χ4n) is 14.2. The summed E-state index contributed by atoms with van der Waals surface area (Å²) in [7, 11) is 0. The summed E-state index contributed by atoms with van der Waals surface area (Å²) in [5.74, 6) is -16.0. The lowest BCUT2D eigenvalue weighted by atomic mass is 9.82. The Hall–Kier alpha value is -7.68. The van der Waals surface area contributed by atoms with Crippen molar-refractivity contribution in [2.45, 2.75) is 188 Å². The zero-order chi connectivity index (χ0) is 114. The molecule has 12 N–H and O–H groups in total. The molecular formula is C89H94Cl6N6O6. The van der Waals surface area contributed by atoms with Gasteiger partial charge in [-0.25, -0.2) is 0 Å². The van der Waals surface area contributed by atoms with Gasteiger partial charge in [0.25, 0.3) is 0 Å². The summed E-state index contributed by atoms with van der Waals surface area (Å²) < 4.78 is 343. The molecule has 0 heterocycles. The number of primary amides is 6. The molecule has 6 aromatic carbocycles. The molecule has 6 unspecified atom stereocenters. The summed E-state index contributed by atoms with van der Waals surface area (Å²) >= 11 is 36.5. The Labute approximate surface area is 717 Å². The van der Waals surface area contributed by atoms with Crippen molar-refractivity contribution in [1.29, 1.82) is 0 Å². The zero-order valence-electron chi connectivity index (χ0n) is 99.4. The summed E-state index contributed by atoms with van der Waals surface area (Å²) in [6.07, 6.45) is -51.4. The van der Waals surface area contributed by atoms with Crippen molar-refractivity contribution in [1.82, 2.24) is 0 Å². The fourth-order valence-corrected chi connectivity index (χ4v) is 15.3. The highest BCUT2D eigenvalue weighted by Crippen LogP contribution is 2.52. The molecule has 6 atom stereocenters. The highest BCUT2D eigenvalue weighted by atomic mass is 35.5. The van der Waals surface area contributed by atoms with Crippen LogP contribution >= 0.6 is 69.6 Å². The third-order valence-corrected chi connectivity index (χ3v) is 21.5. The number of hydrogen-bond acceptors (Lipinski definition) is 6. The molecule has 0 radical (unpaired) electrons.